The number of aromatic hydroxyl groups is 1. The van der Waals surface area contributed by atoms with Gasteiger partial charge < -0.3 is 20.4 Å². The Hall–Kier alpha value is -2.67. The van der Waals surface area contributed by atoms with Gasteiger partial charge in [0.1, 0.15) is 11.4 Å². The van der Waals surface area contributed by atoms with Gasteiger partial charge in [0.2, 0.25) is 0 Å². The van der Waals surface area contributed by atoms with Gasteiger partial charge in [0.05, 0.1) is 5.71 Å². The van der Waals surface area contributed by atoms with Crippen molar-refractivity contribution in [2.45, 2.75) is 84.2 Å². The third kappa shape index (κ3) is 4.57. The number of hydrogen-bond acceptors (Lipinski definition) is 6. The van der Waals surface area contributed by atoms with Crippen LogP contribution in [0.1, 0.15) is 77.7 Å². The smallest absolute Gasteiger partial charge is 0.260 e. The molecule has 3 saturated carbocycles. The minimum absolute atomic E-state index is 0.0619. The fourth-order valence-corrected chi connectivity index (χ4v) is 8.47. The highest BCUT2D eigenvalue weighted by atomic mass is 16.6. The molecule has 0 spiro atoms. The molecule has 0 bridgehead atoms. The molecule has 6 atom stereocenters. The summed E-state index contributed by atoms with van der Waals surface area (Å²) >= 11 is 0. The van der Waals surface area contributed by atoms with Crippen molar-refractivity contribution in [2.24, 2.45) is 33.7 Å². The summed E-state index contributed by atoms with van der Waals surface area (Å²) in [5.74, 6) is 1.48. The molecule has 4 aliphatic rings. The maximum atomic E-state index is 12.4. The Balaban J connectivity index is 1.16. The van der Waals surface area contributed by atoms with Crippen molar-refractivity contribution >= 4 is 17.4 Å². The van der Waals surface area contributed by atoms with Crippen LogP contribution in [0.15, 0.2) is 41.1 Å². The lowest BCUT2D eigenvalue weighted by molar-refractivity contribution is -0.159. The number of hydrogen-bond donors (Lipinski definition) is 3. The quantitative estimate of drug-likeness (QED) is 0.450. The van der Waals surface area contributed by atoms with Crippen molar-refractivity contribution in [3.8, 4) is 5.75 Å². The number of oxime groups is 1. The van der Waals surface area contributed by atoms with Gasteiger partial charge >= 0.3 is 0 Å². The molecular weight excluding hydrogens is 480 g/mol. The number of nitrogens with one attached hydrogen (secondary N) is 1. The molecule has 3 N–H and O–H groups in total. The van der Waals surface area contributed by atoms with Crippen LogP contribution in [0.4, 0.5) is 0 Å². The van der Waals surface area contributed by atoms with Crippen molar-refractivity contribution in [2.75, 3.05) is 13.2 Å². The molecule has 0 radical (unpaired) electrons. The molecule has 7 heteroatoms. The average Bonchev–Trinajstić information content (AvgIpc) is 3.17. The zero-order chi connectivity index (χ0) is 27.1. The van der Waals surface area contributed by atoms with E-state index in [0.29, 0.717) is 37.1 Å². The van der Waals surface area contributed by atoms with Gasteiger partial charge in [0.25, 0.3) is 5.91 Å². The highest BCUT2D eigenvalue weighted by molar-refractivity contribution is 5.96. The van der Waals surface area contributed by atoms with Gasteiger partial charge in [-0.25, -0.2) is 0 Å². The molecule has 5 rings (SSSR count). The number of ketones is 1. The molecular formula is C31H42N2O5. The maximum Gasteiger partial charge on any atom is 0.260 e. The van der Waals surface area contributed by atoms with E-state index in [9.17, 15) is 19.8 Å². The number of allylic oxidation sites excluding steroid dienone is 2. The molecule has 1 aromatic carbocycles. The van der Waals surface area contributed by atoms with E-state index in [1.54, 1.807) is 19.1 Å². The van der Waals surface area contributed by atoms with E-state index in [1.165, 1.54) is 5.57 Å². The zero-order valence-electron chi connectivity index (χ0n) is 23.0. The van der Waals surface area contributed by atoms with Crippen LogP contribution in [0.25, 0.3) is 0 Å². The van der Waals surface area contributed by atoms with E-state index < -0.39 is 5.60 Å². The Labute approximate surface area is 225 Å². The number of amides is 1. The van der Waals surface area contributed by atoms with Gasteiger partial charge in [-0.05, 0) is 112 Å². The number of nitrogens with zero attached hydrogens (tertiary/aromatic N) is 1. The van der Waals surface area contributed by atoms with Crippen LogP contribution in [0, 0.1) is 28.6 Å². The number of aliphatic hydroxyl groups is 1. The molecule has 1 amide bonds. The SMILES string of the molecule is CC(=O)[C@]1(O)CC[C@@H]2[C@@H]3CCC4=CC(=NOCC(=O)NCCc5ccc(O)cc5)CC[C@]4(C)[C@@H]3CC[C@@]21C. The highest BCUT2D eigenvalue weighted by Gasteiger charge is 2.65. The lowest BCUT2D eigenvalue weighted by atomic mass is 9.46. The highest BCUT2D eigenvalue weighted by Crippen LogP contribution is 2.67. The molecule has 0 saturated heterocycles. The molecule has 38 heavy (non-hydrogen) atoms. The summed E-state index contributed by atoms with van der Waals surface area (Å²) in [6, 6.07) is 6.96. The maximum absolute atomic E-state index is 12.4. The number of phenols is 1. The number of Topliss-reactive ketones (excluding diaryl/α,β-unsaturated/α-hetero) is 1. The summed E-state index contributed by atoms with van der Waals surface area (Å²) in [6.07, 6.45) is 10.3. The molecule has 0 heterocycles. The van der Waals surface area contributed by atoms with Crippen LogP contribution < -0.4 is 5.32 Å². The van der Waals surface area contributed by atoms with Crippen molar-refractivity contribution in [3.63, 3.8) is 0 Å². The van der Waals surface area contributed by atoms with Crippen LogP contribution in [0.3, 0.4) is 0 Å². The third-order valence-corrected chi connectivity index (χ3v) is 10.8. The molecule has 7 nitrogen and oxygen atoms in total. The summed E-state index contributed by atoms with van der Waals surface area (Å²) in [6.45, 7) is 6.53. The number of phenolic OH excluding ortho intramolecular Hbond substituents is 1. The largest absolute Gasteiger partial charge is 0.508 e. The predicted octanol–water partition coefficient (Wildman–Crippen LogP) is 4.71. The minimum Gasteiger partial charge on any atom is -0.508 e. The minimum atomic E-state index is -1.17. The van der Waals surface area contributed by atoms with E-state index in [2.05, 4.69) is 30.4 Å². The summed E-state index contributed by atoms with van der Waals surface area (Å²) in [5, 5.41) is 27.9. The van der Waals surface area contributed by atoms with Crippen LogP contribution in [-0.4, -0.2) is 46.4 Å². The Bertz CT molecular complexity index is 1140. The Morgan fingerprint density at radius 3 is 2.53 bits per heavy atom. The first-order valence-electron chi connectivity index (χ1n) is 14.2. The van der Waals surface area contributed by atoms with E-state index in [1.807, 2.05) is 12.1 Å². The van der Waals surface area contributed by atoms with Gasteiger partial charge in [0, 0.05) is 12.0 Å². The number of benzene rings is 1. The second-order valence-corrected chi connectivity index (χ2v) is 12.5. The second kappa shape index (κ2) is 10.1. The van der Waals surface area contributed by atoms with Crippen molar-refractivity contribution in [1.82, 2.24) is 5.32 Å². The third-order valence-electron chi connectivity index (χ3n) is 10.8. The van der Waals surface area contributed by atoms with Crippen LogP contribution in [0.5, 0.6) is 5.75 Å². The molecule has 0 aromatic heterocycles. The van der Waals surface area contributed by atoms with E-state index >= 15 is 0 Å². The Kier molecular flexibility index (Phi) is 7.18. The lowest BCUT2D eigenvalue weighted by Crippen LogP contribution is -2.57. The summed E-state index contributed by atoms with van der Waals surface area (Å²) in [7, 11) is 0. The molecule has 1 aromatic rings. The van der Waals surface area contributed by atoms with Crippen LogP contribution in [-0.2, 0) is 20.8 Å². The van der Waals surface area contributed by atoms with Crippen molar-refractivity contribution in [3.05, 3.63) is 41.5 Å². The first kappa shape index (κ1) is 26.9. The standard InChI is InChI=1S/C31H42N2O5/c1-20(34)31(37)16-12-27-25-9-6-22-18-23(10-14-29(22,2)26(25)11-15-30(27,31)3)33-38-19-28(36)32-17-13-21-4-7-24(35)8-5-21/h4-5,7-8,18,25-27,35,37H,6,9-17,19H2,1-3H3,(H,32,36)/t25-,26-,27-,29+,30+,31-/m1/s1. The van der Waals surface area contributed by atoms with Gasteiger partial charge in [-0.1, -0.05) is 36.7 Å². The van der Waals surface area contributed by atoms with Gasteiger partial charge in [-0.3, -0.25) is 9.59 Å². The van der Waals surface area contributed by atoms with Gasteiger partial charge in [-0.2, -0.15) is 0 Å². The second-order valence-electron chi connectivity index (χ2n) is 12.5. The molecule has 0 aliphatic heterocycles. The van der Waals surface area contributed by atoms with Crippen LogP contribution >= 0.6 is 0 Å². The first-order valence-corrected chi connectivity index (χ1v) is 14.2. The summed E-state index contributed by atoms with van der Waals surface area (Å²) in [4.78, 5) is 30.0. The summed E-state index contributed by atoms with van der Waals surface area (Å²) < 4.78 is 0. The fraction of sp³-hybridized carbons (Fsp3) is 0.645. The topological polar surface area (TPSA) is 108 Å². The van der Waals surface area contributed by atoms with E-state index in [-0.39, 0.29) is 34.9 Å². The van der Waals surface area contributed by atoms with Gasteiger partial charge in [0.15, 0.2) is 12.4 Å². The van der Waals surface area contributed by atoms with Crippen molar-refractivity contribution < 1.29 is 24.6 Å². The Morgan fingerprint density at radius 2 is 1.79 bits per heavy atom. The number of rotatable bonds is 7. The van der Waals surface area contributed by atoms with E-state index in [4.69, 9.17) is 4.84 Å². The summed E-state index contributed by atoms with van der Waals surface area (Å²) in [5.41, 5.74) is 2.03. The van der Waals surface area contributed by atoms with Crippen LogP contribution in [0.2, 0.25) is 0 Å². The molecule has 0 unspecified atom stereocenters. The normalized spacial score (nSPS) is 37.0. The van der Waals surface area contributed by atoms with Crippen molar-refractivity contribution in [1.29, 1.82) is 0 Å². The van der Waals surface area contributed by atoms with Gasteiger partial charge in [-0.15, -0.1) is 0 Å². The predicted molar refractivity (Wildman–Crippen MR) is 146 cm³/mol. The monoisotopic (exact) mass is 522 g/mol. The van der Waals surface area contributed by atoms with E-state index in [0.717, 1.165) is 56.2 Å². The fourth-order valence-electron chi connectivity index (χ4n) is 8.47. The molecule has 4 aliphatic carbocycles. The number of fused-ring (bicyclic) bond motifs is 5. The molecule has 3 fully saturated rings. The average molecular weight is 523 g/mol. The Morgan fingerprint density at radius 1 is 1.05 bits per heavy atom. The molecule has 206 valence electrons. The first-order chi connectivity index (χ1) is 18.1. The lowest BCUT2D eigenvalue weighted by Gasteiger charge is -2.59. The number of carbonyl (C=O) groups is 2. The zero-order valence-corrected chi connectivity index (χ0v) is 23.0. The number of carbonyl (C=O) groups excluding carboxylic acids is 2.